The van der Waals surface area contributed by atoms with E-state index < -0.39 is 6.04 Å². The van der Waals surface area contributed by atoms with Crippen molar-refractivity contribution in [1.82, 2.24) is 9.55 Å². The number of anilines is 1. The number of aromatic nitrogens is 2. The molecule has 0 bridgehead atoms. The number of rotatable bonds is 3. The van der Waals surface area contributed by atoms with Gasteiger partial charge in [-0.25, -0.2) is 9.37 Å². The van der Waals surface area contributed by atoms with Gasteiger partial charge in [0.25, 0.3) is 0 Å². The van der Waals surface area contributed by atoms with Gasteiger partial charge >= 0.3 is 0 Å². The van der Waals surface area contributed by atoms with E-state index in [9.17, 15) is 9.18 Å². The molecule has 21 heavy (non-hydrogen) atoms. The van der Waals surface area contributed by atoms with Gasteiger partial charge in [-0.05, 0) is 37.3 Å². The van der Waals surface area contributed by atoms with Gasteiger partial charge in [0.05, 0.1) is 17.4 Å². The second-order valence-electron chi connectivity index (χ2n) is 4.82. The summed E-state index contributed by atoms with van der Waals surface area (Å²) in [5.74, 6) is -0.600. The van der Waals surface area contributed by atoms with Gasteiger partial charge in [0.2, 0.25) is 5.91 Å². The molecular formula is C16H14FN3O. The average molecular weight is 283 g/mol. The number of amides is 1. The van der Waals surface area contributed by atoms with Crippen molar-refractivity contribution < 1.29 is 9.18 Å². The molecule has 1 atom stereocenters. The molecule has 0 aliphatic rings. The highest BCUT2D eigenvalue weighted by atomic mass is 19.1. The third kappa shape index (κ3) is 2.63. The van der Waals surface area contributed by atoms with E-state index in [-0.39, 0.29) is 11.7 Å². The third-order valence-electron chi connectivity index (χ3n) is 3.37. The SMILES string of the molecule is CC(C(=O)Nc1cccc(F)c1)n1cnc2ccccc21. The van der Waals surface area contributed by atoms with Crippen molar-refractivity contribution in [3.05, 3.63) is 60.7 Å². The van der Waals surface area contributed by atoms with Crippen molar-refractivity contribution in [3.8, 4) is 0 Å². The van der Waals surface area contributed by atoms with E-state index in [0.29, 0.717) is 5.69 Å². The first kappa shape index (κ1) is 13.3. The first-order valence-corrected chi connectivity index (χ1v) is 6.63. The van der Waals surface area contributed by atoms with Crippen LogP contribution in [-0.4, -0.2) is 15.5 Å². The number of fused-ring (bicyclic) bond motifs is 1. The molecule has 0 spiro atoms. The minimum atomic E-state index is -0.444. The maximum atomic E-state index is 13.1. The fourth-order valence-corrected chi connectivity index (χ4v) is 2.23. The molecule has 1 N–H and O–H groups in total. The molecule has 5 heteroatoms. The summed E-state index contributed by atoms with van der Waals surface area (Å²) in [5.41, 5.74) is 2.17. The summed E-state index contributed by atoms with van der Waals surface area (Å²) >= 11 is 0. The van der Waals surface area contributed by atoms with Crippen molar-refractivity contribution in [3.63, 3.8) is 0 Å². The Morgan fingerprint density at radius 1 is 1.24 bits per heavy atom. The number of carbonyl (C=O) groups excluding carboxylic acids is 1. The van der Waals surface area contributed by atoms with Gasteiger partial charge in [0, 0.05) is 5.69 Å². The highest BCUT2D eigenvalue weighted by Crippen LogP contribution is 2.19. The topological polar surface area (TPSA) is 46.9 Å². The summed E-state index contributed by atoms with van der Waals surface area (Å²) < 4.78 is 14.9. The second-order valence-corrected chi connectivity index (χ2v) is 4.82. The maximum Gasteiger partial charge on any atom is 0.247 e. The number of hydrogen-bond acceptors (Lipinski definition) is 2. The van der Waals surface area contributed by atoms with Crippen LogP contribution in [0.4, 0.5) is 10.1 Å². The Hall–Kier alpha value is -2.69. The van der Waals surface area contributed by atoms with E-state index in [2.05, 4.69) is 10.3 Å². The molecule has 1 heterocycles. The standard InChI is InChI=1S/C16H14FN3O/c1-11(16(21)19-13-6-4-5-12(17)9-13)20-10-18-14-7-2-3-8-15(14)20/h2-11H,1H3,(H,19,21). The first-order chi connectivity index (χ1) is 10.1. The van der Waals surface area contributed by atoms with Crippen LogP contribution >= 0.6 is 0 Å². The molecule has 0 aliphatic carbocycles. The molecule has 2 aromatic carbocycles. The van der Waals surface area contributed by atoms with E-state index in [1.54, 1.807) is 30.0 Å². The molecule has 3 aromatic rings. The Morgan fingerprint density at radius 3 is 2.86 bits per heavy atom. The zero-order valence-electron chi connectivity index (χ0n) is 11.5. The molecular weight excluding hydrogens is 269 g/mol. The molecule has 3 rings (SSSR count). The van der Waals surface area contributed by atoms with Gasteiger partial charge in [-0.15, -0.1) is 0 Å². The van der Waals surface area contributed by atoms with Crippen molar-refractivity contribution >= 4 is 22.6 Å². The quantitative estimate of drug-likeness (QED) is 0.801. The van der Waals surface area contributed by atoms with E-state index in [4.69, 9.17) is 0 Å². The number of benzene rings is 2. The molecule has 4 nitrogen and oxygen atoms in total. The van der Waals surface area contributed by atoms with Crippen molar-refractivity contribution in [2.75, 3.05) is 5.32 Å². The van der Waals surface area contributed by atoms with Gasteiger partial charge in [-0.1, -0.05) is 18.2 Å². The third-order valence-corrected chi connectivity index (χ3v) is 3.37. The van der Waals surface area contributed by atoms with Crippen LogP contribution in [0.25, 0.3) is 11.0 Å². The Morgan fingerprint density at radius 2 is 2.05 bits per heavy atom. The van der Waals surface area contributed by atoms with Crippen LogP contribution in [0.5, 0.6) is 0 Å². The Balaban J connectivity index is 1.84. The fourth-order valence-electron chi connectivity index (χ4n) is 2.23. The molecule has 1 aromatic heterocycles. The van der Waals surface area contributed by atoms with E-state index in [1.807, 2.05) is 24.3 Å². The van der Waals surface area contributed by atoms with Gasteiger partial charge < -0.3 is 9.88 Å². The number of nitrogens with one attached hydrogen (secondary N) is 1. The summed E-state index contributed by atoms with van der Waals surface area (Å²) in [6.07, 6.45) is 1.64. The Kier molecular flexibility index (Phi) is 3.39. The van der Waals surface area contributed by atoms with Gasteiger partial charge in [0.15, 0.2) is 0 Å². The van der Waals surface area contributed by atoms with Crippen LogP contribution in [0.2, 0.25) is 0 Å². The molecule has 0 radical (unpaired) electrons. The van der Waals surface area contributed by atoms with E-state index in [0.717, 1.165) is 11.0 Å². The highest BCUT2D eigenvalue weighted by molar-refractivity contribution is 5.94. The zero-order valence-corrected chi connectivity index (χ0v) is 11.5. The maximum absolute atomic E-state index is 13.1. The largest absolute Gasteiger partial charge is 0.324 e. The Labute approximate surface area is 121 Å². The normalized spacial score (nSPS) is 12.3. The van der Waals surface area contributed by atoms with Crippen LogP contribution in [0, 0.1) is 5.82 Å². The predicted molar refractivity (Wildman–Crippen MR) is 79.5 cm³/mol. The van der Waals surface area contributed by atoms with Crippen molar-refractivity contribution in [2.24, 2.45) is 0 Å². The molecule has 0 aliphatic heterocycles. The Bertz CT molecular complexity index is 797. The van der Waals surface area contributed by atoms with Crippen molar-refractivity contribution in [2.45, 2.75) is 13.0 Å². The van der Waals surface area contributed by atoms with E-state index in [1.165, 1.54) is 12.1 Å². The second kappa shape index (κ2) is 5.36. The van der Waals surface area contributed by atoms with Crippen LogP contribution < -0.4 is 5.32 Å². The summed E-state index contributed by atoms with van der Waals surface area (Å²) in [7, 11) is 0. The van der Waals surface area contributed by atoms with E-state index >= 15 is 0 Å². The minimum absolute atomic E-state index is 0.219. The van der Waals surface area contributed by atoms with Crippen LogP contribution in [0.15, 0.2) is 54.9 Å². The highest BCUT2D eigenvalue weighted by Gasteiger charge is 2.17. The van der Waals surface area contributed by atoms with Gasteiger partial charge in [-0.2, -0.15) is 0 Å². The smallest absolute Gasteiger partial charge is 0.247 e. The van der Waals surface area contributed by atoms with Gasteiger partial charge in [0.1, 0.15) is 11.9 Å². The molecule has 0 saturated heterocycles. The lowest BCUT2D eigenvalue weighted by molar-refractivity contribution is -0.118. The summed E-state index contributed by atoms with van der Waals surface area (Å²) in [6.45, 7) is 1.78. The van der Waals surface area contributed by atoms with Crippen molar-refractivity contribution in [1.29, 1.82) is 0 Å². The predicted octanol–water partition coefficient (Wildman–Crippen LogP) is 3.38. The number of para-hydroxylation sites is 2. The lowest BCUT2D eigenvalue weighted by atomic mass is 10.2. The average Bonchev–Trinajstić information content (AvgIpc) is 2.90. The number of carbonyl (C=O) groups is 1. The monoisotopic (exact) mass is 283 g/mol. The number of nitrogens with zero attached hydrogens (tertiary/aromatic N) is 2. The summed E-state index contributed by atoms with van der Waals surface area (Å²) in [5, 5.41) is 2.71. The molecule has 0 saturated carbocycles. The molecule has 1 amide bonds. The zero-order chi connectivity index (χ0) is 14.8. The molecule has 0 fully saturated rings. The van der Waals surface area contributed by atoms with Crippen LogP contribution in [0.3, 0.4) is 0 Å². The summed E-state index contributed by atoms with van der Waals surface area (Å²) in [4.78, 5) is 16.5. The van der Waals surface area contributed by atoms with Crippen LogP contribution in [-0.2, 0) is 4.79 Å². The lowest BCUT2D eigenvalue weighted by Crippen LogP contribution is -2.23. The first-order valence-electron chi connectivity index (χ1n) is 6.63. The fraction of sp³-hybridized carbons (Fsp3) is 0.125. The molecule has 1 unspecified atom stereocenters. The lowest BCUT2D eigenvalue weighted by Gasteiger charge is -2.14. The minimum Gasteiger partial charge on any atom is -0.324 e. The van der Waals surface area contributed by atoms with Crippen LogP contribution in [0.1, 0.15) is 13.0 Å². The number of halogens is 1. The van der Waals surface area contributed by atoms with Gasteiger partial charge in [-0.3, -0.25) is 4.79 Å². The summed E-state index contributed by atoms with van der Waals surface area (Å²) in [6, 6.07) is 13.0. The molecule has 106 valence electrons. The number of hydrogen-bond donors (Lipinski definition) is 1. The number of imidazole rings is 1.